The maximum absolute atomic E-state index is 11.8. The maximum Gasteiger partial charge on any atom is 0.215 e. The van der Waals surface area contributed by atoms with E-state index in [1.165, 1.54) is 6.26 Å². The van der Waals surface area contributed by atoms with Crippen molar-refractivity contribution in [3.63, 3.8) is 0 Å². The normalized spacial score (nSPS) is 10.4. The van der Waals surface area contributed by atoms with E-state index in [9.17, 15) is 4.79 Å². The number of carbonyl (C=O) groups excluding carboxylic acids is 1. The quantitative estimate of drug-likeness (QED) is 0.711. The first-order chi connectivity index (χ1) is 6.66. The minimum atomic E-state index is -0.0776. The molecule has 0 N–H and O–H groups in total. The highest BCUT2D eigenvalue weighted by Crippen LogP contribution is 2.16. The van der Waals surface area contributed by atoms with Crippen LogP contribution < -0.4 is 0 Å². The van der Waals surface area contributed by atoms with E-state index in [0.29, 0.717) is 17.1 Å². The SMILES string of the molecule is Cc1nc(C(=O)c2csc(C)c2)co1. The van der Waals surface area contributed by atoms with E-state index < -0.39 is 0 Å². The second-order valence-electron chi connectivity index (χ2n) is 3.03. The Hall–Kier alpha value is -1.42. The fraction of sp³-hybridized carbons (Fsp3) is 0.200. The molecule has 0 radical (unpaired) electrons. The summed E-state index contributed by atoms with van der Waals surface area (Å²) >= 11 is 1.55. The lowest BCUT2D eigenvalue weighted by molar-refractivity contribution is 0.103. The summed E-state index contributed by atoms with van der Waals surface area (Å²) in [4.78, 5) is 16.9. The largest absolute Gasteiger partial charge is 0.449 e. The van der Waals surface area contributed by atoms with Crippen molar-refractivity contribution >= 4 is 17.1 Å². The van der Waals surface area contributed by atoms with Crippen molar-refractivity contribution in [2.24, 2.45) is 0 Å². The molecule has 4 heteroatoms. The van der Waals surface area contributed by atoms with Gasteiger partial charge in [-0.15, -0.1) is 11.3 Å². The number of ketones is 1. The van der Waals surface area contributed by atoms with E-state index in [1.54, 1.807) is 18.3 Å². The van der Waals surface area contributed by atoms with Crippen LogP contribution in [-0.2, 0) is 0 Å². The maximum atomic E-state index is 11.8. The van der Waals surface area contributed by atoms with Crippen molar-refractivity contribution in [1.29, 1.82) is 0 Å². The average Bonchev–Trinajstić information content (AvgIpc) is 2.73. The lowest BCUT2D eigenvalue weighted by Crippen LogP contribution is -1.99. The summed E-state index contributed by atoms with van der Waals surface area (Å²) in [6.45, 7) is 3.69. The molecule has 14 heavy (non-hydrogen) atoms. The average molecular weight is 207 g/mol. The van der Waals surface area contributed by atoms with E-state index in [4.69, 9.17) is 4.42 Å². The van der Waals surface area contributed by atoms with Crippen molar-refractivity contribution < 1.29 is 9.21 Å². The molecule has 0 saturated carbocycles. The third kappa shape index (κ3) is 1.61. The van der Waals surface area contributed by atoms with Crippen molar-refractivity contribution in [3.05, 3.63) is 39.7 Å². The zero-order valence-corrected chi connectivity index (χ0v) is 8.72. The number of aromatic nitrogens is 1. The predicted octanol–water partition coefficient (Wildman–Crippen LogP) is 2.58. The Morgan fingerprint density at radius 1 is 1.50 bits per heavy atom. The van der Waals surface area contributed by atoms with E-state index >= 15 is 0 Å². The first kappa shape index (κ1) is 9.15. The van der Waals surface area contributed by atoms with Gasteiger partial charge in [-0.05, 0) is 13.0 Å². The molecule has 0 aliphatic heterocycles. The van der Waals surface area contributed by atoms with Gasteiger partial charge >= 0.3 is 0 Å². The summed E-state index contributed by atoms with van der Waals surface area (Å²) in [5, 5.41) is 1.84. The second-order valence-corrected chi connectivity index (χ2v) is 4.14. The Labute approximate surface area is 85.4 Å². The molecule has 72 valence electrons. The molecular weight excluding hydrogens is 198 g/mol. The third-order valence-corrected chi connectivity index (χ3v) is 2.71. The summed E-state index contributed by atoms with van der Waals surface area (Å²) in [7, 11) is 0. The first-order valence-electron chi connectivity index (χ1n) is 4.19. The topological polar surface area (TPSA) is 43.1 Å². The number of aryl methyl sites for hydroxylation is 2. The Bertz CT molecular complexity index is 428. The Balaban J connectivity index is 2.33. The number of carbonyl (C=O) groups is 1. The van der Waals surface area contributed by atoms with Crippen molar-refractivity contribution in [2.45, 2.75) is 13.8 Å². The highest BCUT2D eigenvalue weighted by Gasteiger charge is 2.13. The second kappa shape index (κ2) is 3.38. The Morgan fingerprint density at radius 3 is 2.79 bits per heavy atom. The van der Waals surface area contributed by atoms with E-state index in [1.807, 2.05) is 18.4 Å². The van der Waals surface area contributed by atoms with Gasteiger partial charge < -0.3 is 4.42 Å². The molecule has 0 bridgehead atoms. The van der Waals surface area contributed by atoms with Gasteiger partial charge in [0.2, 0.25) is 5.78 Å². The number of thiophene rings is 1. The lowest BCUT2D eigenvalue weighted by atomic mass is 10.2. The predicted molar refractivity (Wildman–Crippen MR) is 53.7 cm³/mol. The third-order valence-electron chi connectivity index (χ3n) is 1.84. The lowest BCUT2D eigenvalue weighted by Gasteiger charge is -1.89. The molecule has 0 fully saturated rings. The molecule has 3 nitrogen and oxygen atoms in total. The molecule has 0 spiro atoms. The summed E-state index contributed by atoms with van der Waals surface area (Å²) < 4.78 is 4.99. The van der Waals surface area contributed by atoms with Crippen LogP contribution >= 0.6 is 11.3 Å². The number of oxazole rings is 1. The van der Waals surface area contributed by atoms with E-state index in [-0.39, 0.29) is 5.78 Å². The monoisotopic (exact) mass is 207 g/mol. The minimum absolute atomic E-state index is 0.0776. The summed E-state index contributed by atoms with van der Waals surface area (Å²) in [6.07, 6.45) is 1.39. The molecule has 0 atom stereocenters. The van der Waals surface area contributed by atoms with Gasteiger partial charge in [0, 0.05) is 22.7 Å². The van der Waals surface area contributed by atoms with Gasteiger partial charge in [0.25, 0.3) is 0 Å². The van der Waals surface area contributed by atoms with Crippen molar-refractivity contribution in [3.8, 4) is 0 Å². The van der Waals surface area contributed by atoms with Crippen LogP contribution in [0.4, 0.5) is 0 Å². The Morgan fingerprint density at radius 2 is 2.29 bits per heavy atom. The zero-order valence-electron chi connectivity index (χ0n) is 7.90. The molecule has 0 saturated heterocycles. The van der Waals surface area contributed by atoms with Crippen LogP contribution in [0.5, 0.6) is 0 Å². The highest BCUT2D eigenvalue weighted by atomic mass is 32.1. The molecule has 2 rings (SSSR count). The van der Waals surface area contributed by atoms with E-state index in [2.05, 4.69) is 4.98 Å². The fourth-order valence-electron chi connectivity index (χ4n) is 1.18. The smallest absolute Gasteiger partial charge is 0.215 e. The molecule has 2 aromatic rings. The standard InChI is InChI=1S/C10H9NO2S/c1-6-3-8(5-14-6)10(12)9-4-13-7(2)11-9/h3-5H,1-2H3. The van der Waals surface area contributed by atoms with Crippen LogP contribution in [0.1, 0.15) is 26.8 Å². The molecule has 0 unspecified atom stereocenters. The van der Waals surface area contributed by atoms with E-state index in [0.717, 1.165) is 4.88 Å². The van der Waals surface area contributed by atoms with Crippen LogP contribution in [0.25, 0.3) is 0 Å². The molecule has 0 aromatic carbocycles. The van der Waals surface area contributed by atoms with Gasteiger partial charge in [-0.2, -0.15) is 0 Å². The van der Waals surface area contributed by atoms with Crippen LogP contribution in [0.2, 0.25) is 0 Å². The van der Waals surface area contributed by atoms with Crippen molar-refractivity contribution in [1.82, 2.24) is 4.98 Å². The van der Waals surface area contributed by atoms with Crippen LogP contribution in [0.3, 0.4) is 0 Å². The van der Waals surface area contributed by atoms with Gasteiger partial charge in [-0.1, -0.05) is 0 Å². The molecule has 2 heterocycles. The number of rotatable bonds is 2. The summed E-state index contributed by atoms with van der Waals surface area (Å²) in [6, 6.07) is 1.86. The van der Waals surface area contributed by atoms with Gasteiger partial charge in [-0.3, -0.25) is 4.79 Å². The van der Waals surface area contributed by atoms with Crippen LogP contribution in [0.15, 0.2) is 22.1 Å². The van der Waals surface area contributed by atoms with Crippen LogP contribution in [-0.4, -0.2) is 10.8 Å². The number of hydrogen-bond acceptors (Lipinski definition) is 4. The first-order valence-corrected chi connectivity index (χ1v) is 5.07. The summed E-state index contributed by atoms with van der Waals surface area (Å²) in [5.41, 5.74) is 1.06. The summed E-state index contributed by atoms with van der Waals surface area (Å²) in [5.74, 6) is 0.437. The number of hydrogen-bond donors (Lipinski definition) is 0. The Kier molecular flexibility index (Phi) is 2.21. The molecule has 0 aliphatic carbocycles. The van der Waals surface area contributed by atoms with Crippen LogP contribution in [0, 0.1) is 13.8 Å². The fourth-order valence-corrected chi connectivity index (χ4v) is 1.86. The molecule has 0 amide bonds. The molecule has 0 aliphatic rings. The highest BCUT2D eigenvalue weighted by molar-refractivity contribution is 7.10. The van der Waals surface area contributed by atoms with Gasteiger partial charge in [-0.25, -0.2) is 4.98 Å². The minimum Gasteiger partial charge on any atom is -0.449 e. The van der Waals surface area contributed by atoms with Gasteiger partial charge in [0.1, 0.15) is 12.0 Å². The van der Waals surface area contributed by atoms with Gasteiger partial charge in [0.15, 0.2) is 5.89 Å². The van der Waals surface area contributed by atoms with Crippen molar-refractivity contribution in [2.75, 3.05) is 0 Å². The zero-order chi connectivity index (χ0) is 10.1. The number of nitrogens with zero attached hydrogens (tertiary/aromatic N) is 1. The van der Waals surface area contributed by atoms with Gasteiger partial charge in [0.05, 0.1) is 0 Å². The molecule has 2 aromatic heterocycles. The molecular formula is C10H9NO2S.